The van der Waals surface area contributed by atoms with Crippen molar-refractivity contribution in [2.24, 2.45) is 0 Å². The monoisotopic (exact) mass is 271 g/mol. The van der Waals surface area contributed by atoms with Crippen molar-refractivity contribution < 1.29 is 24.1 Å². The van der Waals surface area contributed by atoms with Crippen LogP contribution >= 0.6 is 0 Å². The molecule has 0 bridgehead atoms. The van der Waals surface area contributed by atoms with E-state index >= 15 is 0 Å². The normalized spacial score (nSPS) is 10.9. The number of hydrogen-bond acceptors (Lipinski definition) is 5. The third kappa shape index (κ3) is 4.94. The van der Waals surface area contributed by atoms with Crippen LogP contribution in [0.5, 0.6) is 5.75 Å². The van der Waals surface area contributed by atoms with E-state index in [-0.39, 0.29) is 24.5 Å². The number of carbonyl (C=O) groups excluding carboxylic acids is 1. The molecule has 0 heterocycles. The molecule has 2 N–H and O–H groups in total. The van der Waals surface area contributed by atoms with Crippen molar-refractivity contribution >= 4 is 5.78 Å². The molecule has 0 aliphatic rings. The lowest BCUT2D eigenvalue weighted by Crippen LogP contribution is -2.35. The predicted octanol–water partition coefficient (Wildman–Crippen LogP) is 0.655. The Morgan fingerprint density at radius 2 is 2.16 bits per heavy atom. The number of aliphatic hydroxyl groups is 1. The van der Waals surface area contributed by atoms with E-state index < -0.39 is 11.6 Å². The maximum Gasteiger partial charge on any atom is 0.180 e. The molecule has 0 aliphatic carbocycles. The van der Waals surface area contributed by atoms with E-state index in [1.54, 1.807) is 4.90 Å². The van der Waals surface area contributed by atoms with Crippen molar-refractivity contribution in [3.05, 3.63) is 29.6 Å². The van der Waals surface area contributed by atoms with E-state index in [1.165, 1.54) is 7.11 Å². The van der Waals surface area contributed by atoms with E-state index in [2.05, 4.69) is 0 Å². The smallest absolute Gasteiger partial charge is 0.180 e. The summed E-state index contributed by atoms with van der Waals surface area (Å²) in [5, 5.41) is 18.5. The topological polar surface area (TPSA) is 70.0 Å². The van der Waals surface area contributed by atoms with Crippen molar-refractivity contribution in [2.75, 3.05) is 40.0 Å². The second-order valence-electron chi connectivity index (χ2n) is 4.08. The Labute approximate surface area is 111 Å². The Bertz CT molecular complexity index is 425. The van der Waals surface area contributed by atoms with Gasteiger partial charge in [-0.25, -0.2) is 4.39 Å². The minimum absolute atomic E-state index is 0.0130. The summed E-state index contributed by atoms with van der Waals surface area (Å²) in [5.74, 6) is -1.23. The molecule has 0 radical (unpaired) electrons. The molecule has 1 aromatic rings. The van der Waals surface area contributed by atoms with Gasteiger partial charge >= 0.3 is 0 Å². The maximum atomic E-state index is 13.1. The molecule has 6 heteroatoms. The quantitative estimate of drug-likeness (QED) is 0.680. The Morgan fingerprint density at radius 1 is 1.42 bits per heavy atom. The number of phenols is 1. The third-order valence-corrected chi connectivity index (χ3v) is 2.65. The molecule has 0 unspecified atom stereocenters. The first-order valence-electron chi connectivity index (χ1n) is 5.92. The average molecular weight is 271 g/mol. The fraction of sp³-hybridized carbons (Fsp3) is 0.462. The number of Topliss-reactive ketones (excluding diaryl/α,β-unsaturated/α-hetero) is 1. The molecule has 0 fully saturated rings. The number of aliphatic hydroxyl groups excluding tert-OH is 1. The van der Waals surface area contributed by atoms with Gasteiger partial charge in [0.25, 0.3) is 0 Å². The molecule has 0 saturated heterocycles. The summed E-state index contributed by atoms with van der Waals surface area (Å²) < 4.78 is 18.0. The molecule has 0 saturated carbocycles. The molecule has 0 atom stereocenters. The first-order chi connectivity index (χ1) is 9.08. The molecule has 106 valence electrons. The molecule has 5 nitrogen and oxygen atoms in total. The van der Waals surface area contributed by atoms with Crippen LogP contribution in [0.4, 0.5) is 4.39 Å². The summed E-state index contributed by atoms with van der Waals surface area (Å²) in [4.78, 5) is 13.7. The van der Waals surface area contributed by atoms with Crippen molar-refractivity contribution in [1.29, 1.82) is 0 Å². The van der Waals surface area contributed by atoms with E-state index in [4.69, 9.17) is 9.84 Å². The van der Waals surface area contributed by atoms with Crippen LogP contribution in [0.2, 0.25) is 0 Å². The lowest BCUT2D eigenvalue weighted by molar-refractivity contribution is 0.0866. The predicted molar refractivity (Wildman–Crippen MR) is 67.8 cm³/mol. The Morgan fingerprint density at radius 3 is 2.79 bits per heavy atom. The highest BCUT2D eigenvalue weighted by Gasteiger charge is 2.16. The highest BCUT2D eigenvalue weighted by Crippen LogP contribution is 2.18. The molecule has 1 aromatic carbocycles. The summed E-state index contributed by atoms with van der Waals surface area (Å²) in [5.41, 5.74) is -0.0552. The van der Waals surface area contributed by atoms with Crippen LogP contribution in [0.25, 0.3) is 0 Å². The van der Waals surface area contributed by atoms with Crippen LogP contribution in [0, 0.1) is 5.82 Å². The van der Waals surface area contributed by atoms with Gasteiger partial charge in [0, 0.05) is 20.2 Å². The van der Waals surface area contributed by atoms with Crippen LogP contribution in [0.3, 0.4) is 0 Å². The lowest BCUT2D eigenvalue weighted by Gasteiger charge is -2.20. The zero-order chi connectivity index (χ0) is 14.3. The van der Waals surface area contributed by atoms with Gasteiger partial charge in [0.1, 0.15) is 11.6 Å². The molecular weight excluding hydrogens is 253 g/mol. The highest BCUT2D eigenvalue weighted by atomic mass is 19.1. The summed E-state index contributed by atoms with van der Waals surface area (Å²) in [7, 11) is 1.54. The molecule has 19 heavy (non-hydrogen) atoms. The first-order valence-corrected chi connectivity index (χ1v) is 5.92. The van der Waals surface area contributed by atoms with Gasteiger partial charge in [0.15, 0.2) is 5.78 Å². The Hall–Kier alpha value is -1.50. The van der Waals surface area contributed by atoms with Gasteiger partial charge in [0.2, 0.25) is 0 Å². The van der Waals surface area contributed by atoms with Crippen LogP contribution in [-0.4, -0.2) is 60.9 Å². The molecule has 0 amide bonds. The molecule has 1 rings (SSSR count). The summed E-state index contributed by atoms with van der Waals surface area (Å²) in [6, 6.07) is 3.24. The van der Waals surface area contributed by atoms with Gasteiger partial charge in [-0.3, -0.25) is 9.69 Å². The second kappa shape index (κ2) is 7.83. The number of halogens is 1. The fourth-order valence-electron chi connectivity index (χ4n) is 1.65. The number of ketones is 1. The zero-order valence-corrected chi connectivity index (χ0v) is 10.8. The third-order valence-electron chi connectivity index (χ3n) is 2.65. The average Bonchev–Trinajstić information content (AvgIpc) is 2.39. The van der Waals surface area contributed by atoms with E-state index in [0.717, 1.165) is 18.2 Å². The largest absolute Gasteiger partial charge is 0.507 e. The number of methoxy groups -OCH3 is 1. The molecule has 0 aromatic heterocycles. The Kier molecular flexibility index (Phi) is 6.41. The van der Waals surface area contributed by atoms with Gasteiger partial charge in [-0.1, -0.05) is 0 Å². The number of aromatic hydroxyl groups is 1. The van der Waals surface area contributed by atoms with Gasteiger partial charge in [-0.05, 0) is 18.2 Å². The van der Waals surface area contributed by atoms with Gasteiger partial charge < -0.3 is 14.9 Å². The summed E-state index contributed by atoms with van der Waals surface area (Å²) in [6.45, 7) is 1.10. The van der Waals surface area contributed by atoms with Crippen LogP contribution in [0.15, 0.2) is 18.2 Å². The number of rotatable bonds is 8. The second-order valence-corrected chi connectivity index (χ2v) is 4.08. The molecule has 0 aliphatic heterocycles. The number of nitrogens with zero attached hydrogens (tertiary/aromatic N) is 1. The van der Waals surface area contributed by atoms with E-state index in [1.807, 2.05) is 0 Å². The maximum absolute atomic E-state index is 13.1. The highest BCUT2D eigenvalue weighted by molar-refractivity contribution is 6.00. The fourth-order valence-corrected chi connectivity index (χ4v) is 1.65. The van der Waals surface area contributed by atoms with Crippen molar-refractivity contribution in [1.82, 2.24) is 4.90 Å². The lowest BCUT2D eigenvalue weighted by atomic mass is 10.1. The van der Waals surface area contributed by atoms with Gasteiger partial charge in [0.05, 0.1) is 25.3 Å². The number of ether oxygens (including phenoxy) is 1. The van der Waals surface area contributed by atoms with E-state index in [0.29, 0.717) is 19.7 Å². The van der Waals surface area contributed by atoms with Gasteiger partial charge in [-0.15, -0.1) is 0 Å². The Balaban J connectivity index is 2.72. The first kappa shape index (κ1) is 15.6. The zero-order valence-electron chi connectivity index (χ0n) is 10.8. The van der Waals surface area contributed by atoms with Crippen molar-refractivity contribution in [3.63, 3.8) is 0 Å². The number of benzene rings is 1. The van der Waals surface area contributed by atoms with Gasteiger partial charge in [-0.2, -0.15) is 0 Å². The number of carbonyl (C=O) groups is 1. The minimum atomic E-state index is -0.577. The van der Waals surface area contributed by atoms with Crippen LogP contribution in [0.1, 0.15) is 10.4 Å². The SMILES string of the molecule is COCCN(CCO)CC(=O)c1cc(F)ccc1O. The minimum Gasteiger partial charge on any atom is -0.507 e. The standard InChI is InChI=1S/C13H18FNO4/c1-19-7-5-15(4-6-16)9-13(18)11-8-10(14)2-3-12(11)17/h2-3,8,16-17H,4-7,9H2,1H3. The van der Waals surface area contributed by atoms with Crippen LogP contribution < -0.4 is 0 Å². The van der Waals surface area contributed by atoms with E-state index in [9.17, 15) is 14.3 Å². The van der Waals surface area contributed by atoms with Crippen molar-refractivity contribution in [3.8, 4) is 5.75 Å². The van der Waals surface area contributed by atoms with Crippen LogP contribution in [-0.2, 0) is 4.74 Å². The summed E-state index contributed by atoms with van der Waals surface area (Å²) in [6.07, 6.45) is 0. The van der Waals surface area contributed by atoms with Crippen molar-refractivity contribution in [2.45, 2.75) is 0 Å². The molecule has 0 spiro atoms. The number of hydrogen-bond donors (Lipinski definition) is 2. The summed E-state index contributed by atoms with van der Waals surface area (Å²) >= 11 is 0. The molecular formula is C13H18FNO4. The number of phenolic OH excluding ortho intramolecular Hbond substituents is 1.